The molecule has 21 heavy (non-hydrogen) atoms. The predicted molar refractivity (Wildman–Crippen MR) is 78.9 cm³/mol. The Morgan fingerprint density at radius 2 is 2.48 bits per heavy atom. The van der Waals surface area contributed by atoms with Gasteiger partial charge in [-0.1, -0.05) is 0 Å². The molecular formula is C14H16BrN3O3. The summed E-state index contributed by atoms with van der Waals surface area (Å²) in [6.07, 6.45) is 6.07. The molecule has 0 spiro atoms. The molecule has 1 amide bonds. The van der Waals surface area contributed by atoms with E-state index in [-0.39, 0.29) is 18.6 Å². The molecule has 3 rings (SSSR count). The van der Waals surface area contributed by atoms with Crippen LogP contribution < -0.4 is 5.32 Å². The number of aromatic nitrogens is 2. The molecule has 0 bridgehead atoms. The summed E-state index contributed by atoms with van der Waals surface area (Å²) in [5.41, 5.74) is 2.64. The monoisotopic (exact) mass is 353 g/mol. The van der Waals surface area contributed by atoms with Crippen molar-refractivity contribution < 1.29 is 14.3 Å². The van der Waals surface area contributed by atoms with Crippen molar-refractivity contribution in [2.75, 3.05) is 6.61 Å². The average molecular weight is 354 g/mol. The van der Waals surface area contributed by atoms with E-state index >= 15 is 0 Å². The highest BCUT2D eigenvalue weighted by Gasteiger charge is 2.26. The zero-order chi connectivity index (χ0) is 14.8. The van der Waals surface area contributed by atoms with Crippen molar-refractivity contribution in [3.63, 3.8) is 0 Å². The van der Waals surface area contributed by atoms with Crippen molar-refractivity contribution in [2.45, 2.75) is 31.8 Å². The van der Waals surface area contributed by atoms with Gasteiger partial charge in [0.15, 0.2) is 4.67 Å². The number of hydrogen-bond donors (Lipinski definition) is 2. The Morgan fingerprint density at radius 3 is 3.19 bits per heavy atom. The number of aliphatic hydroxyl groups is 1. The van der Waals surface area contributed by atoms with Gasteiger partial charge in [-0.2, -0.15) is 5.10 Å². The number of fused-ring (bicyclic) bond motifs is 1. The van der Waals surface area contributed by atoms with Gasteiger partial charge >= 0.3 is 0 Å². The van der Waals surface area contributed by atoms with Crippen molar-refractivity contribution in [3.8, 4) is 0 Å². The highest BCUT2D eigenvalue weighted by molar-refractivity contribution is 9.10. The Kier molecular flexibility index (Phi) is 4.12. The van der Waals surface area contributed by atoms with Crippen molar-refractivity contribution in [1.82, 2.24) is 15.1 Å². The van der Waals surface area contributed by atoms with Gasteiger partial charge in [0.05, 0.1) is 37.2 Å². The minimum absolute atomic E-state index is 0.0458. The van der Waals surface area contributed by atoms with Gasteiger partial charge in [0.1, 0.15) is 0 Å². The first-order valence-corrected chi connectivity index (χ1v) is 7.69. The third-order valence-corrected chi connectivity index (χ3v) is 4.36. The molecule has 2 aromatic rings. The van der Waals surface area contributed by atoms with Crippen LogP contribution in [0.25, 0.3) is 0 Å². The average Bonchev–Trinajstić information content (AvgIpc) is 3.07. The summed E-state index contributed by atoms with van der Waals surface area (Å²) in [7, 11) is 0. The van der Waals surface area contributed by atoms with E-state index < -0.39 is 0 Å². The van der Waals surface area contributed by atoms with Crippen LogP contribution in [0.2, 0.25) is 0 Å². The number of carbonyl (C=O) groups excluding carboxylic acids is 1. The third kappa shape index (κ3) is 2.75. The Labute approximate surface area is 130 Å². The Bertz CT molecular complexity index is 650. The molecule has 1 aliphatic rings. The second kappa shape index (κ2) is 6.03. The molecule has 0 saturated carbocycles. The number of nitrogens with one attached hydrogen (secondary N) is 1. The van der Waals surface area contributed by atoms with Gasteiger partial charge in [0.2, 0.25) is 0 Å². The molecule has 2 N–H and O–H groups in total. The molecule has 0 aromatic carbocycles. The van der Waals surface area contributed by atoms with Crippen molar-refractivity contribution >= 4 is 21.8 Å². The van der Waals surface area contributed by atoms with Crippen LogP contribution in [-0.2, 0) is 13.0 Å². The van der Waals surface area contributed by atoms with E-state index in [0.717, 1.165) is 30.5 Å². The number of amides is 1. The van der Waals surface area contributed by atoms with Crippen molar-refractivity contribution in [2.24, 2.45) is 0 Å². The molecular weight excluding hydrogens is 338 g/mol. The standard InChI is InChI=1S/C14H16BrN3O3/c15-13-9(4-7-21-13)14(20)17-11-2-1-3-12-10(11)8-16-18(12)5-6-19/h4,7-8,11,19H,1-3,5-6H2,(H,17,20). The van der Waals surface area contributed by atoms with E-state index in [4.69, 9.17) is 9.52 Å². The summed E-state index contributed by atoms with van der Waals surface area (Å²) < 4.78 is 7.35. The molecule has 1 unspecified atom stereocenters. The largest absolute Gasteiger partial charge is 0.457 e. The van der Waals surface area contributed by atoms with E-state index in [1.165, 1.54) is 6.26 Å². The van der Waals surface area contributed by atoms with Crippen LogP contribution in [0.3, 0.4) is 0 Å². The molecule has 7 heteroatoms. The number of carbonyl (C=O) groups is 1. The summed E-state index contributed by atoms with van der Waals surface area (Å²) in [5, 5.41) is 16.4. The van der Waals surface area contributed by atoms with Crippen molar-refractivity contribution in [3.05, 3.63) is 40.0 Å². The normalized spacial score (nSPS) is 17.5. The second-order valence-corrected chi connectivity index (χ2v) is 5.74. The summed E-state index contributed by atoms with van der Waals surface area (Å²) in [4.78, 5) is 12.3. The maximum Gasteiger partial charge on any atom is 0.256 e. The lowest BCUT2D eigenvalue weighted by molar-refractivity contribution is 0.0931. The topological polar surface area (TPSA) is 80.3 Å². The SMILES string of the molecule is O=C(NC1CCCc2c1cnn2CCO)c1ccoc1Br. The highest BCUT2D eigenvalue weighted by atomic mass is 79.9. The van der Waals surface area contributed by atoms with Crippen molar-refractivity contribution in [1.29, 1.82) is 0 Å². The molecule has 1 aliphatic carbocycles. The van der Waals surface area contributed by atoms with Gasteiger partial charge in [0, 0.05) is 11.3 Å². The lowest BCUT2D eigenvalue weighted by Gasteiger charge is -2.24. The maximum absolute atomic E-state index is 12.3. The van der Waals surface area contributed by atoms with Crippen LogP contribution in [-0.4, -0.2) is 27.4 Å². The first-order chi connectivity index (χ1) is 10.2. The van der Waals surface area contributed by atoms with E-state index in [1.54, 1.807) is 12.3 Å². The molecule has 2 aromatic heterocycles. The molecule has 6 nitrogen and oxygen atoms in total. The molecule has 0 saturated heterocycles. The number of halogens is 1. The minimum atomic E-state index is -0.164. The van der Waals surface area contributed by atoms with Gasteiger partial charge in [-0.3, -0.25) is 9.48 Å². The fourth-order valence-corrected chi connectivity index (χ4v) is 3.17. The quantitative estimate of drug-likeness (QED) is 0.881. The molecule has 0 fully saturated rings. The molecule has 1 atom stereocenters. The molecule has 0 radical (unpaired) electrons. The fraction of sp³-hybridized carbons (Fsp3) is 0.429. The van der Waals surface area contributed by atoms with Crippen LogP contribution in [0.15, 0.2) is 27.6 Å². The van der Waals surface area contributed by atoms with E-state index in [0.29, 0.717) is 16.8 Å². The fourth-order valence-electron chi connectivity index (χ4n) is 2.75. The van der Waals surface area contributed by atoms with E-state index in [1.807, 2.05) is 4.68 Å². The lowest BCUT2D eigenvalue weighted by Crippen LogP contribution is -2.31. The predicted octanol–water partition coefficient (Wildman–Crippen LogP) is 2.04. The number of rotatable bonds is 4. The van der Waals surface area contributed by atoms with Gasteiger partial charge in [0.25, 0.3) is 5.91 Å². The Hall–Kier alpha value is -1.60. The van der Waals surface area contributed by atoms with E-state index in [9.17, 15) is 4.79 Å². The van der Waals surface area contributed by atoms with Crippen LogP contribution in [0.1, 0.15) is 40.5 Å². The van der Waals surface area contributed by atoms with E-state index in [2.05, 4.69) is 26.3 Å². The number of aliphatic hydroxyl groups excluding tert-OH is 1. The van der Waals surface area contributed by atoms with Gasteiger partial charge in [-0.05, 0) is 41.3 Å². The summed E-state index contributed by atoms with van der Waals surface area (Å²) in [6, 6.07) is 1.59. The zero-order valence-electron chi connectivity index (χ0n) is 11.4. The van der Waals surface area contributed by atoms with Crippen LogP contribution in [0, 0.1) is 0 Å². The van der Waals surface area contributed by atoms with Crippen LogP contribution in [0.5, 0.6) is 0 Å². The Balaban J connectivity index is 1.79. The summed E-state index contributed by atoms with van der Waals surface area (Å²) in [5.74, 6) is -0.164. The Morgan fingerprint density at radius 1 is 1.62 bits per heavy atom. The van der Waals surface area contributed by atoms with Gasteiger partial charge in [-0.25, -0.2) is 0 Å². The number of nitrogens with zero attached hydrogens (tertiary/aromatic N) is 2. The molecule has 2 heterocycles. The van der Waals surface area contributed by atoms with Crippen LogP contribution >= 0.6 is 15.9 Å². The van der Waals surface area contributed by atoms with Crippen LogP contribution in [0.4, 0.5) is 0 Å². The van der Waals surface area contributed by atoms with Gasteiger partial charge in [-0.15, -0.1) is 0 Å². The third-order valence-electron chi connectivity index (χ3n) is 3.74. The first-order valence-electron chi connectivity index (χ1n) is 6.90. The highest BCUT2D eigenvalue weighted by Crippen LogP contribution is 2.30. The zero-order valence-corrected chi connectivity index (χ0v) is 13.0. The minimum Gasteiger partial charge on any atom is -0.457 e. The first kappa shape index (κ1) is 14.3. The number of hydrogen-bond acceptors (Lipinski definition) is 4. The number of furan rings is 1. The molecule has 0 aliphatic heterocycles. The summed E-state index contributed by atoms with van der Waals surface area (Å²) >= 11 is 3.22. The lowest BCUT2D eigenvalue weighted by atomic mass is 9.93. The molecule has 112 valence electrons. The maximum atomic E-state index is 12.3. The summed E-state index contributed by atoms with van der Waals surface area (Å²) in [6.45, 7) is 0.552. The second-order valence-electron chi connectivity index (χ2n) is 5.02. The van der Waals surface area contributed by atoms with Gasteiger partial charge < -0.3 is 14.8 Å². The smallest absolute Gasteiger partial charge is 0.256 e.